The van der Waals surface area contributed by atoms with E-state index < -0.39 is 0 Å². The van der Waals surface area contributed by atoms with Crippen LogP contribution >= 0.6 is 23.2 Å². The van der Waals surface area contributed by atoms with Crippen molar-refractivity contribution in [1.82, 2.24) is 0 Å². The molecule has 0 heterocycles. The Morgan fingerprint density at radius 3 is 0.684 bits per heavy atom. The second kappa shape index (κ2) is 15.1. The lowest BCUT2D eigenvalue weighted by atomic mass is 9.71. The summed E-state index contributed by atoms with van der Waals surface area (Å²) in [5, 5.41) is 10.5. The van der Waals surface area contributed by atoms with Crippen molar-refractivity contribution in [3.63, 3.8) is 0 Å². The largest absolute Gasteiger partial charge is 0.109 e. The van der Waals surface area contributed by atoms with Crippen LogP contribution in [0.25, 0.3) is 87.6 Å². The molecular weight excluding hydrogens is 732 g/mol. The number of hydrogen-bond acceptors (Lipinski definition) is 0. The van der Waals surface area contributed by atoms with E-state index in [0.717, 1.165) is 12.8 Å². The highest BCUT2D eigenvalue weighted by molar-refractivity contribution is 6.40. The van der Waals surface area contributed by atoms with Crippen LogP contribution in [0.4, 0.5) is 0 Å². The predicted molar refractivity (Wildman–Crippen MR) is 247 cm³/mol. The van der Waals surface area contributed by atoms with Crippen molar-refractivity contribution in [3.8, 4) is 44.5 Å². The van der Waals surface area contributed by atoms with E-state index in [4.69, 9.17) is 23.2 Å². The van der Waals surface area contributed by atoms with Crippen molar-refractivity contribution in [1.29, 1.82) is 0 Å². The van der Waals surface area contributed by atoms with Gasteiger partial charge in [-0.2, -0.15) is 0 Å². The fourth-order valence-electron chi connectivity index (χ4n) is 9.43. The molecule has 10 aromatic rings. The third-order valence-corrected chi connectivity index (χ3v) is 11.7. The lowest BCUT2D eigenvalue weighted by molar-refractivity contribution is 1.02. The summed E-state index contributed by atoms with van der Waals surface area (Å²) < 4.78 is 0. The first-order valence-corrected chi connectivity index (χ1v) is 20.6. The fraction of sp³-hybridized carbons (Fsp3) is 0.0545. The molecule has 0 atom stereocenters. The van der Waals surface area contributed by atoms with Gasteiger partial charge in [-0.05, 0) is 147 Å². The molecule has 11 rings (SSSR count). The monoisotopic (exact) mass is 768 g/mol. The SMILES string of the molecule is ClCCl.c1ccc(-c2c3c(c(-c4ccccc4)c4cc5ccccc5cc24)Cc2c(c(-c4ccccc4)c4cc5ccccc5cc4c2-c2ccccc2)C3)cc1. The first-order valence-electron chi connectivity index (χ1n) is 19.6. The van der Waals surface area contributed by atoms with Gasteiger partial charge < -0.3 is 0 Å². The Kier molecular flexibility index (Phi) is 9.31. The molecular formula is C55H38Cl2. The van der Waals surface area contributed by atoms with Crippen molar-refractivity contribution in [2.45, 2.75) is 12.8 Å². The van der Waals surface area contributed by atoms with Crippen molar-refractivity contribution in [2.24, 2.45) is 0 Å². The first-order chi connectivity index (χ1) is 28.2. The maximum absolute atomic E-state index is 4.76. The molecule has 0 aliphatic heterocycles. The predicted octanol–water partition coefficient (Wildman–Crippen LogP) is 15.9. The summed E-state index contributed by atoms with van der Waals surface area (Å²) in [6, 6.07) is 72.0. The number of hydrogen-bond donors (Lipinski definition) is 0. The Labute approximate surface area is 343 Å². The molecule has 272 valence electrons. The average molecular weight is 770 g/mol. The molecule has 0 saturated carbocycles. The van der Waals surface area contributed by atoms with Gasteiger partial charge in [-0.15, -0.1) is 23.2 Å². The van der Waals surface area contributed by atoms with Crippen LogP contribution in [-0.2, 0) is 12.8 Å². The number of rotatable bonds is 4. The van der Waals surface area contributed by atoms with E-state index in [2.05, 4.69) is 194 Å². The zero-order chi connectivity index (χ0) is 38.3. The van der Waals surface area contributed by atoms with Gasteiger partial charge in [0.1, 0.15) is 0 Å². The van der Waals surface area contributed by atoms with Gasteiger partial charge in [0.2, 0.25) is 0 Å². The van der Waals surface area contributed by atoms with Gasteiger partial charge in [-0.25, -0.2) is 0 Å². The van der Waals surface area contributed by atoms with Crippen LogP contribution in [0.15, 0.2) is 194 Å². The molecule has 0 N–H and O–H groups in total. The van der Waals surface area contributed by atoms with Crippen LogP contribution in [0.3, 0.4) is 0 Å². The molecule has 0 nitrogen and oxygen atoms in total. The minimum absolute atomic E-state index is 0.194. The molecule has 1 aliphatic rings. The number of fused-ring (bicyclic) bond motifs is 6. The molecule has 1 aliphatic carbocycles. The minimum Gasteiger partial charge on any atom is -0.109 e. The van der Waals surface area contributed by atoms with E-state index in [9.17, 15) is 0 Å². The van der Waals surface area contributed by atoms with Crippen LogP contribution in [0, 0.1) is 0 Å². The van der Waals surface area contributed by atoms with Gasteiger partial charge in [-0.3, -0.25) is 0 Å². The van der Waals surface area contributed by atoms with Crippen LogP contribution < -0.4 is 0 Å². The minimum atomic E-state index is 0.194. The summed E-state index contributed by atoms with van der Waals surface area (Å²) >= 11 is 9.53. The first kappa shape index (κ1) is 35.2. The fourth-order valence-corrected chi connectivity index (χ4v) is 9.43. The summed E-state index contributed by atoms with van der Waals surface area (Å²) in [6.45, 7) is 0. The molecule has 0 aromatic heterocycles. The quantitative estimate of drug-likeness (QED) is 0.124. The second-order valence-electron chi connectivity index (χ2n) is 14.8. The molecule has 57 heavy (non-hydrogen) atoms. The number of alkyl halides is 2. The highest BCUT2D eigenvalue weighted by Gasteiger charge is 2.31. The Bertz CT molecular complexity index is 2660. The third-order valence-electron chi connectivity index (χ3n) is 11.7. The summed E-state index contributed by atoms with van der Waals surface area (Å²) in [7, 11) is 0. The topological polar surface area (TPSA) is 0 Å². The molecule has 2 heteroatoms. The lowest BCUT2D eigenvalue weighted by Crippen LogP contribution is -2.14. The summed E-state index contributed by atoms with van der Waals surface area (Å²) in [5.74, 6) is 0. The standard InChI is InChI=1S/C54H36.CH2Cl2/c1-5-17-35(18-6-1)51-43-29-39-25-13-14-26-40(39)30-44(43)52(36-19-7-2-8-20-36)48-34-50-49(33-47(48)51)53(37-21-9-3-10-22-37)45-31-41-27-15-16-28-42(41)32-46(45)54(50)38-23-11-4-12-24-38;2-1-3/h1-32H,33-34H2;1H2. The van der Waals surface area contributed by atoms with Crippen molar-refractivity contribution >= 4 is 66.3 Å². The molecule has 0 amide bonds. The van der Waals surface area contributed by atoms with E-state index in [1.165, 1.54) is 110 Å². The highest BCUT2D eigenvalue weighted by atomic mass is 35.5. The van der Waals surface area contributed by atoms with Gasteiger partial charge in [0.05, 0.1) is 5.34 Å². The summed E-state index contributed by atoms with van der Waals surface area (Å²) in [5.41, 5.74) is 16.3. The molecule has 0 fully saturated rings. The molecule has 0 saturated heterocycles. The lowest BCUT2D eigenvalue weighted by Gasteiger charge is -2.32. The number of halogens is 2. The average Bonchev–Trinajstić information content (AvgIpc) is 3.27. The van der Waals surface area contributed by atoms with Gasteiger partial charge >= 0.3 is 0 Å². The zero-order valence-corrected chi connectivity index (χ0v) is 32.9. The van der Waals surface area contributed by atoms with Crippen LogP contribution in [-0.4, -0.2) is 5.34 Å². The van der Waals surface area contributed by atoms with E-state index in [1.54, 1.807) is 0 Å². The van der Waals surface area contributed by atoms with Gasteiger partial charge in [0.25, 0.3) is 0 Å². The molecule has 0 spiro atoms. The van der Waals surface area contributed by atoms with Crippen LogP contribution in [0.1, 0.15) is 22.3 Å². The molecule has 10 aromatic carbocycles. The summed E-state index contributed by atoms with van der Waals surface area (Å²) in [4.78, 5) is 0. The number of benzene rings is 10. The van der Waals surface area contributed by atoms with Gasteiger partial charge in [0, 0.05) is 0 Å². The van der Waals surface area contributed by atoms with Crippen LogP contribution in [0.2, 0.25) is 0 Å². The van der Waals surface area contributed by atoms with Gasteiger partial charge in [-0.1, -0.05) is 170 Å². The van der Waals surface area contributed by atoms with Crippen molar-refractivity contribution in [3.05, 3.63) is 216 Å². The summed E-state index contributed by atoms with van der Waals surface area (Å²) in [6.07, 6.45) is 1.68. The van der Waals surface area contributed by atoms with E-state index in [-0.39, 0.29) is 5.34 Å². The third kappa shape index (κ3) is 6.18. The highest BCUT2D eigenvalue weighted by Crippen LogP contribution is 2.52. The maximum atomic E-state index is 4.76. The maximum Gasteiger partial charge on any atom is 0.0967 e. The molecule has 0 bridgehead atoms. The smallest absolute Gasteiger partial charge is 0.0967 e. The van der Waals surface area contributed by atoms with Crippen molar-refractivity contribution in [2.75, 3.05) is 5.34 Å². The normalized spacial score (nSPS) is 12.0. The van der Waals surface area contributed by atoms with Gasteiger partial charge in [0.15, 0.2) is 0 Å². The van der Waals surface area contributed by atoms with E-state index >= 15 is 0 Å². The molecule has 0 unspecified atom stereocenters. The van der Waals surface area contributed by atoms with E-state index in [0.29, 0.717) is 0 Å². The Hall–Kier alpha value is -6.18. The zero-order valence-electron chi connectivity index (χ0n) is 31.4. The Morgan fingerprint density at radius 1 is 0.281 bits per heavy atom. The Balaban J connectivity index is 0.00000128. The van der Waals surface area contributed by atoms with E-state index in [1.807, 2.05) is 0 Å². The molecule has 0 radical (unpaired) electrons. The van der Waals surface area contributed by atoms with Crippen molar-refractivity contribution < 1.29 is 0 Å². The second-order valence-corrected chi connectivity index (χ2v) is 15.6. The Morgan fingerprint density at radius 2 is 0.474 bits per heavy atom. The van der Waals surface area contributed by atoms with Crippen LogP contribution in [0.5, 0.6) is 0 Å².